The maximum absolute atomic E-state index is 13.2. The molecule has 1 atom stereocenters. The number of anilines is 1. The number of carbonyl (C=O) groups excluding carboxylic acids is 4. The average Bonchev–Trinajstić information content (AvgIpc) is 3.18. The quantitative estimate of drug-likeness (QED) is 0.564. The molecule has 5 aliphatic heterocycles. The number of piperazine rings is 1. The fraction of sp³-hybridized carbons (Fsp3) is 0.630. The highest BCUT2D eigenvalue weighted by atomic mass is 16.2. The molecule has 4 fully saturated rings. The maximum atomic E-state index is 13.2. The number of nitrogens with zero attached hydrogens (tertiary/aromatic N) is 4. The van der Waals surface area contributed by atoms with Gasteiger partial charge in [-0.25, -0.2) is 0 Å². The maximum Gasteiger partial charge on any atom is 0.262 e. The van der Waals surface area contributed by atoms with Crippen LogP contribution in [0, 0.1) is 0 Å². The van der Waals surface area contributed by atoms with Gasteiger partial charge in [0.2, 0.25) is 11.8 Å². The van der Waals surface area contributed by atoms with Gasteiger partial charge < -0.3 is 15.1 Å². The number of rotatable bonds is 4. The Morgan fingerprint density at radius 1 is 0.703 bits per heavy atom. The minimum absolute atomic E-state index is 0.121. The van der Waals surface area contributed by atoms with E-state index in [2.05, 4.69) is 25.3 Å². The Labute approximate surface area is 217 Å². The van der Waals surface area contributed by atoms with Crippen molar-refractivity contribution in [2.24, 2.45) is 0 Å². The number of piperidine rings is 3. The summed E-state index contributed by atoms with van der Waals surface area (Å²) >= 11 is 0. The molecule has 4 saturated heterocycles. The zero-order valence-electron chi connectivity index (χ0n) is 21.3. The third kappa shape index (κ3) is 4.66. The first-order valence-corrected chi connectivity index (χ1v) is 13.8. The predicted molar refractivity (Wildman–Crippen MR) is 137 cm³/mol. The van der Waals surface area contributed by atoms with Crippen LogP contribution in [0.15, 0.2) is 18.2 Å². The number of benzene rings is 1. The van der Waals surface area contributed by atoms with Crippen LogP contribution >= 0.6 is 0 Å². The fourth-order valence-corrected chi connectivity index (χ4v) is 6.79. The van der Waals surface area contributed by atoms with E-state index in [4.69, 9.17) is 0 Å². The van der Waals surface area contributed by atoms with E-state index in [0.717, 1.165) is 55.9 Å². The zero-order valence-corrected chi connectivity index (χ0v) is 21.3. The monoisotopic (exact) mass is 508 g/mol. The molecule has 1 unspecified atom stereocenters. The Morgan fingerprint density at radius 3 is 2.05 bits per heavy atom. The number of amides is 4. The molecular formula is C27H36N6O4. The van der Waals surface area contributed by atoms with Crippen molar-refractivity contribution in [2.45, 2.75) is 56.7 Å². The molecule has 37 heavy (non-hydrogen) atoms. The van der Waals surface area contributed by atoms with E-state index in [1.54, 1.807) is 12.1 Å². The molecule has 0 bridgehead atoms. The van der Waals surface area contributed by atoms with Gasteiger partial charge in [-0.1, -0.05) is 0 Å². The summed E-state index contributed by atoms with van der Waals surface area (Å²) in [6, 6.07) is 5.87. The summed E-state index contributed by atoms with van der Waals surface area (Å²) in [7, 11) is 0. The lowest BCUT2D eigenvalue weighted by molar-refractivity contribution is -0.136. The summed E-state index contributed by atoms with van der Waals surface area (Å²) in [5.74, 6) is -1.85. The van der Waals surface area contributed by atoms with Crippen molar-refractivity contribution in [1.29, 1.82) is 0 Å². The van der Waals surface area contributed by atoms with Crippen LogP contribution in [0.5, 0.6) is 0 Å². The number of carbonyl (C=O) groups is 4. The summed E-state index contributed by atoms with van der Waals surface area (Å²) in [5.41, 5.74) is 1.61. The third-order valence-corrected chi connectivity index (χ3v) is 8.94. The smallest absolute Gasteiger partial charge is 0.262 e. The van der Waals surface area contributed by atoms with Gasteiger partial charge in [-0.3, -0.25) is 34.3 Å². The van der Waals surface area contributed by atoms with Crippen molar-refractivity contribution >= 4 is 29.3 Å². The fourth-order valence-electron chi connectivity index (χ4n) is 6.79. The van der Waals surface area contributed by atoms with Crippen molar-refractivity contribution in [3.63, 3.8) is 0 Å². The van der Waals surface area contributed by atoms with E-state index in [-0.39, 0.29) is 18.7 Å². The van der Waals surface area contributed by atoms with Gasteiger partial charge in [0.25, 0.3) is 11.8 Å². The highest BCUT2D eigenvalue weighted by Gasteiger charge is 2.45. The number of likely N-dealkylation sites (tertiary alicyclic amines) is 1. The molecule has 10 heteroatoms. The normalized spacial score (nSPS) is 27.1. The number of imide groups is 2. The van der Waals surface area contributed by atoms with Crippen molar-refractivity contribution in [1.82, 2.24) is 25.3 Å². The first-order chi connectivity index (χ1) is 18.0. The number of nitrogens with one attached hydrogen (secondary N) is 2. The van der Waals surface area contributed by atoms with E-state index < -0.39 is 23.8 Å². The standard InChI is InChI=1S/C27H36N6O4/c34-24-4-3-23(25(35)29-24)33-26(36)21-2-1-20(17-22(21)27(33)37)32-15-13-31(14-16-32)19-7-11-30(12-8-19)18-5-9-28-10-6-18/h1-2,17-19,23,28H,3-16H2,(H,29,34,35). The van der Waals surface area contributed by atoms with Gasteiger partial charge in [0.1, 0.15) is 6.04 Å². The first kappa shape index (κ1) is 24.5. The molecule has 0 aromatic heterocycles. The lowest BCUT2D eigenvalue weighted by Gasteiger charge is -2.45. The molecule has 5 aliphatic rings. The Bertz CT molecular complexity index is 1090. The van der Waals surface area contributed by atoms with Crippen molar-refractivity contribution < 1.29 is 19.2 Å². The van der Waals surface area contributed by atoms with E-state index in [0.29, 0.717) is 17.2 Å². The molecule has 0 aliphatic carbocycles. The summed E-state index contributed by atoms with van der Waals surface area (Å²) in [4.78, 5) is 58.6. The zero-order chi connectivity index (χ0) is 25.5. The summed E-state index contributed by atoms with van der Waals surface area (Å²) in [6.45, 7) is 8.42. The second kappa shape index (κ2) is 10.2. The minimum atomic E-state index is -0.932. The van der Waals surface area contributed by atoms with E-state index in [1.807, 2.05) is 6.07 Å². The van der Waals surface area contributed by atoms with Crippen LogP contribution < -0.4 is 15.5 Å². The molecule has 2 N–H and O–H groups in total. The van der Waals surface area contributed by atoms with Crippen LogP contribution in [0.25, 0.3) is 0 Å². The molecule has 5 heterocycles. The summed E-state index contributed by atoms with van der Waals surface area (Å²) < 4.78 is 0. The second-order valence-electron chi connectivity index (χ2n) is 10.9. The molecule has 198 valence electrons. The van der Waals surface area contributed by atoms with Crippen LogP contribution in [0.1, 0.15) is 59.2 Å². The summed E-state index contributed by atoms with van der Waals surface area (Å²) in [6.07, 6.45) is 5.29. The first-order valence-electron chi connectivity index (χ1n) is 13.8. The van der Waals surface area contributed by atoms with Gasteiger partial charge in [-0.2, -0.15) is 0 Å². The van der Waals surface area contributed by atoms with Gasteiger partial charge in [0, 0.05) is 50.4 Å². The molecule has 4 amide bonds. The van der Waals surface area contributed by atoms with Gasteiger partial charge in [-0.05, 0) is 76.5 Å². The molecule has 0 saturated carbocycles. The Kier molecular flexibility index (Phi) is 6.73. The largest absolute Gasteiger partial charge is 0.369 e. The van der Waals surface area contributed by atoms with Crippen LogP contribution in [-0.4, -0.2) is 109 Å². The molecule has 1 aromatic carbocycles. The molecule has 0 radical (unpaired) electrons. The molecular weight excluding hydrogens is 472 g/mol. The van der Waals surface area contributed by atoms with Gasteiger partial charge in [-0.15, -0.1) is 0 Å². The lowest BCUT2D eigenvalue weighted by atomic mass is 9.97. The number of hydrogen-bond acceptors (Lipinski definition) is 8. The van der Waals surface area contributed by atoms with Gasteiger partial charge in [0.15, 0.2) is 0 Å². The third-order valence-electron chi connectivity index (χ3n) is 8.94. The van der Waals surface area contributed by atoms with E-state index >= 15 is 0 Å². The van der Waals surface area contributed by atoms with Crippen LogP contribution in [0.2, 0.25) is 0 Å². The van der Waals surface area contributed by atoms with E-state index in [1.165, 1.54) is 38.8 Å². The van der Waals surface area contributed by atoms with Crippen molar-refractivity contribution in [3.8, 4) is 0 Å². The van der Waals surface area contributed by atoms with E-state index in [9.17, 15) is 19.2 Å². The van der Waals surface area contributed by atoms with Gasteiger partial charge >= 0.3 is 0 Å². The Balaban J connectivity index is 1.06. The van der Waals surface area contributed by atoms with Crippen molar-refractivity contribution in [3.05, 3.63) is 29.3 Å². The second-order valence-corrected chi connectivity index (χ2v) is 10.9. The minimum Gasteiger partial charge on any atom is -0.369 e. The molecule has 1 aromatic rings. The molecule has 0 spiro atoms. The number of hydrogen-bond donors (Lipinski definition) is 2. The lowest BCUT2D eigenvalue weighted by Crippen LogP contribution is -2.55. The van der Waals surface area contributed by atoms with Crippen molar-refractivity contribution in [2.75, 3.05) is 57.3 Å². The van der Waals surface area contributed by atoms with Crippen LogP contribution in [0.4, 0.5) is 5.69 Å². The SMILES string of the molecule is O=C1CCC(N2C(=O)c3ccc(N4CCN(C5CCN(C6CCNCC6)CC5)CC4)cc3C2=O)C(=O)N1. The predicted octanol–water partition coefficient (Wildman–Crippen LogP) is 0.426. The van der Waals surface area contributed by atoms with Crippen LogP contribution in [0.3, 0.4) is 0 Å². The van der Waals surface area contributed by atoms with Gasteiger partial charge in [0.05, 0.1) is 11.1 Å². The topological polar surface area (TPSA) is 105 Å². The molecule has 6 rings (SSSR count). The number of fused-ring (bicyclic) bond motifs is 1. The summed E-state index contributed by atoms with van der Waals surface area (Å²) in [5, 5.41) is 5.71. The Hall–Kier alpha value is -2.82. The average molecular weight is 509 g/mol. The Morgan fingerprint density at radius 2 is 1.35 bits per heavy atom. The van der Waals surface area contributed by atoms with Crippen LogP contribution in [-0.2, 0) is 9.59 Å². The highest BCUT2D eigenvalue weighted by Crippen LogP contribution is 2.31. The highest BCUT2D eigenvalue weighted by molar-refractivity contribution is 6.23. The molecule has 10 nitrogen and oxygen atoms in total.